The molecule has 0 aliphatic carbocycles. The summed E-state index contributed by atoms with van der Waals surface area (Å²) in [6, 6.07) is 11.0. The maximum atomic E-state index is 14.2. The fourth-order valence-corrected chi connectivity index (χ4v) is 3.24. The molecule has 0 bridgehead atoms. The molecule has 0 heterocycles. The summed E-state index contributed by atoms with van der Waals surface area (Å²) in [5.74, 6) is -1.45. The Morgan fingerprint density at radius 2 is 1.96 bits per heavy atom. The minimum absolute atomic E-state index is 0.000112. The van der Waals surface area contributed by atoms with E-state index in [1.165, 1.54) is 6.07 Å². The van der Waals surface area contributed by atoms with Gasteiger partial charge in [0.25, 0.3) is 5.91 Å². The number of esters is 1. The number of halogens is 2. The summed E-state index contributed by atoms with van der Waals surface area (Å²) in [5.41, 5.74) is 0.410. The number of nitrogens with one attached hydrogen (secondary N) is 1. The second-order valence-electron chi connectivity index (χ2n) is 5.51. The van der Waals surface area contributed by atoms with Crippen LogP contribution in [0.1, 0.15) is 30.6 Å². The highest BCUT2D eigenvalue weighted by atomic mass is 35.5. The first kappa shape index (κ1) is 20.3. The van der Waals surface area contributed by atoms with E-state index >= 15 is 0 Å². The molecule has 0 aromatic heterocycles. The van der Waals surface area contributed by atoms with Crippen LogP contribution in [0.15, 0.2) is 47.4 Å². The van der Waals surface area contributed by atoms with Gasteiger partial charge in [-0.05, 0) is 37.6 Å². The number of hydrogen-bond donors (Lipinski definition) is 1. The molecular weight excluding hydrogens is 377 g/mol. The van der Waals surface area contributed by atoms with Crippen molar-refractivity contribution in [2.75, 3.05) is 11.9 Å². The molecule has 2 rings (SSSR count). The average molecular weight is 396 g/mol. The smallest absolute Gasteiger partial charge is 0.319 e. The van der Waals surface area contributed by atoms with Crippen LogP contribution in [0.2, 0.25) is 5.02 Å². The maximum absolute atomic E-state index is 14.2. The zero-order chi connectivity index (χ0) is 19.1. The number of hydrogen-bond acceptors (Lipinski definition) is 4. The largest absolute Gasteiger partial charge is 0.465 e. The first-order valence-corrected chi connectivity index (χ1v) is 9.36. The molecule has 26 heavy (non-hydrogen) atoms. The van der Waals surface area contributed by atoms with Gasteiger partial charge in [-0.2, -0.15) is 0 Å². The molecule has 0 aliphatic rings. The normalized spacial score (nSPS) is 11.7. The number of carbonyl (C=O) groups is 2. The summed E-state index contributed by atoms with van der Waals surface area (Å²) in [4.78, 5) is 24.6. The van der Waals surface area contributed by atoms with E-state index in [9.17, 15) is 14.0 Å². The Hall–Kier alpha value is -2.05. The quantitative estimate of drug-likeness (QED) is 0.519. The van der Waals surface area contributed by atoms with Crippen LogP contribution >= 0.6 is 23.4 Å². The Labute approximate surface area is 161 Å². The lowest BCUT2D eigenvalue weighted by Crippen LogP contribution is -2.17. The summed E-state index contributed by atoms with van der Waals surface area (Å²) < 4.78 is 19.3. The van der Waals surface area contributed by atoms with Gasteiger partial charge in [-0.15, -0.1) is 11.8 Å². The van der Waals surface area contributed by atoms with Gasteiger partial charge in [0.05, 0.1) is 17.3 Å². The standard InChI is InChI=1S/C19H19ClFNO3S/c1-3-9-25-19(24)12(2)26-17-11-16(15(21)10-14(17)20)22-18(23)13-7-5-4-6-8-13/h4-8,10-12H,3,9H2,1-2H3,(H,22,23). The monoisotopic (exact) mass is 395 g/mol. The van der Waals surface area contributed by atoms with Gasteiger partial charge in [-0.1, -0.05) is 36.7 Å². The molecule has 138 valence electrons. The molecule has 2 aromatic rings. The molecule has 1 atom stereocenters. The molecule has 0 spiro atoms. The van der Waals surface area contributed by atoms with E-state index in [4.69, 9.17) is 16.3 Å². The highest BCUT2D eigenvalue weighted by Crippen LogP contribution is 2.35. The van der Waals surface area contributed by atoms with Crippen LogP contribution in [0.25, 0.3) is 0 Å². The Balaban J connectivity index is 2.15. The van der Waals surface area contributed by atoms with Gasteiger partial charge < -0.3 is 10.1 Å². The van der Waals surface area contributed by atoms with Crippen molar-refractivity contribution < 1.29 is 18.7 Å². The molecule has 0 radical (unpaired) electrons. The van der Waals surface area contributed by atoms with E-state index in [0.717, 1.165) is 24.2 Å². The van der Waals surface area contributed by atoms with Crippen molar-refractivity contribution in [3.8, 4) is 0 Å². The van der Waals surface area contributed by atoms with Crippen molar-refractivity contribution >= 4 is 40.9 Å². The van der Waals surface area contributed by atoms with Gasteiger partial charge >= 0.3 is 5.97 Å². The molecule has 4 nitrogen and oxygen atoms in total. The fraction of sp³-hybridized carbons (Fsp3) is 0.263. The van der Waals surface area contributed by atoms with Crippen LogP contribution in [-0.2, 0) is 9.53 Å². The van der Waals surface area contributed by atoms with Gasteiger partial charge in [0, 0.05) is 10.5 Å². The van der Waals surface area contributed by atoms with Crippen molar-refractivity contribution in [3.05, 3.63) is 58.9 Å². The summed E-state index contributed by atoms with van der Waals surface area (Å²) in [5, 5.41) is 2.18. The number of ether oxygens (including phenoxy) is 1. The Kier molecular flexibility index (Phi) is 7.48. The third kappa shape index (κ3) is 5.47. The number of amides is 1. The maximum Gasteiger partial charge on any atom is 0.319 e. The minimum Gasteiger partial charge on any atom is -0.465 e. The van der Waals surface area contributed by atoms with Crippen molar-refractivity contribution in [1.29, 1.82) is 0 Å². The van der Waals surface area contributed by atoms with Gasteiger partial charge in [0.15, 0.2) is 0 Å². The first-order valence-electron chi connectivity index (χ1n) is 8.11. The van der Waals surface area contributed by atoms with Crippen LogP contribution in [0.5, 0.6) is 0 Å². The molecule has 0 fully saturated rings. The third-order valence-electron chi connectivity index (χ3n) is 3.39. The molecule has 7 heteroatoms. The second kappa shape index (κ2) is 9.59. The van der Waals surface area contributed by atoms with Crippen molar-refractivity contribution in [1.82, 2.24) is 0 Å². The fourth-order valence-electron chi connectivity index (χ4n) is 2.06. The highest BCUT2D eigenvalue weighted by molar-refractivity contribution is 8.00. The SMILES string of the molecule is CCCOC(=O)C(C)Sc1cc(NC(=O)c2ccccc2)c(F)cc1Cl. The van der Waals surface area contributed by atoms with Crippen molar-refractivity contribution in [3.63, 3.8) is 0 Å². The van der Waals surface area contributed by atoms with E-state index in [-0.39, 0.29) is 16.7 Å². The highest BCUT2D eigenvalue weighted by Gasteiger charge is 2.19. The third-order valence-corrected chi connectivity index (χ3v) is 4.95. The number of rotatable bonds is 7. The topological polar surface area (TPSA) is 55.4 Å². The number of carbonyl (C=O) groups excluding carboxylic acids is 2. The van der Waals surface area contributed by atoms with Crippen molar-refractivity contribution in [2.45, 2.75) is 30.4 Å². The molecule has 0 saturated heterocycles. The average Bonchev–Trinajstić information content (AvgIpc) is 2.64. The Morgan fingerprint density at radius 1 is 1.27 bits per heavy atom. The van der Waals surface area contributed by atoms with Crippen LogP contribution in [0.3, 0.4) is 0 Å². The first-order chi connectivity index (χ1) is 12.4. The predicted octanol–water partition coefficient (Wildman–Crippen LogP) is 5.17. The Morgan fingerprint density at radius 3 is 2.62 bits per heavy atom. The molecule has 0 aliphatic heterocycles. The van der Waals surface area contributed by atoms with Crippen LogP contribution in [-0.4, -0.2) is 23.7 Å². The van der Waals surface area contributed by atoms with Gasteiger partial charge in [-0.3, -0.25) is 9.59 Å². The minimum atomic E-state index is -0.648. The van der Waals surface area contributed by atoms with Crippen LogP contribution in [0.4, 0.5) is 10.1 Å². The van der Waals surface area contributed by atoms with Crippen LogP contribution < -0.4 is 5.32 Å². The lowest BCUT2D eigenvalue weighted by atomic mass is 10.2. The lowest BCUT2D eigenvalue weighted by molar-refractivity contribution is -0.142. The zero-order valence-corrected chi connectivity index (χ0v) is 16.0. The number of benzene rings is 2. The van der Waals surface area contributed by atoms with E-state index in [0.29, 0.717) is 17.1 Å². The van der Waals surface area contributed by atoms with Crippen molar-refractivity contribution in [2.24, 2.45) is 0 Å². The van der Waals surface area contributed by atoms with E-state index in [1.807, 2.05) is 6.92 Å². The summed E-state index contributed by atoms with van der Waals surface area (Å²) in [6.07, 6.45) is 0.732. The molecule has 1 N–H and O–H groups in total. The summed E-state index contributed by atoms with van der Waals surface area (Å²) in [7, 11) is 0. The number of thioether (sulfide) groups is 1. The lowest BCUT2D eigenvalue weighted by Gasteiger charge is -2.14. The van der Waals surface area contributed by atoms with Gasteiger partial charge in [-0.25, -0.2) is 4.39 Å². The number of anilines is 1. The van der Waals surface area contributed by atoms with Gasteiger partial charge in [0.1, 0.15) is 11.1 Å². The summed E-state index contributed by atoms with van der Waals surface area (Å²) >= 11 is 7.23. The molecule has 1 unspecified atom stereocenters. The molecule has 1 amide bonds. The molecular formula is C19H19ClFNO3S. The van der Waals surface area contributed by atoms with Gasteiger partial charge in [0.2, 0.25) is 0 Å². The van der Waals surface area contributed by atoms with Crippen LogP contribution in [0, 0.1) is 5.82 Å². The molecule has 2 aromatic carbocycles. The van der Waals surface area contributed by atoms with E-state index in [2.05, 4.69) is 5.32 Å². The summed E-state index contributed by atoms with van der Waals surface area (Å²) in [6.45, 7) is 3.94. The zero-order valence-electron chi connectivity index (χ0n) is 14.4. The van der Waals surface area contributed by atoms with E-state index in [1.54, 1.807) is 37.3 Å². The van der Waals surface area contributed by atoms with E-state index < -0.39 is 17.0 Å². The molecule has 0 saturated carbocycles. The second-order valence-corrected chi connectivity index (χ2v) is 7.30. The predicted molar refractivity (Wildman–Crippen MR) is 102 cm³/mol. The Bertz CT molecular complexity index is 786.